The van der Waals surface area contributed by atoms with E-state index in [1.807, 2.05) is 4.57 Å². The van der Waals surface area contributed by atoms with Crippen LogP contribution in [0.15, 0.2) is 29.4 Å². The molecule has 3 aromatic rings. The van der Waals surface area contributed by atoms with E-state index in [0.29, 0.717) is 33.7 Å². The average Bonchev–Trinajstić information content (AvgIpc) is 3.64. The minimum Gasteiger partial charge on any atom is -0.462 e. The Bertz CT molecular complexity index is 1400. The molecule has 1 aromatic carbocycles. The van der Waals surface area contributed by atoms with Crippen molar-refractivity contribution in [1.29, 1.82) is 0 Å². The van der Waals surface area contributed by atoms with Crippen molar-refractivity contribution in [1.82, 2.24) is 20.1 Å². The van der Waals surface area contributed by atoms with Gasteiger partial charge in [0.15, 0.2) is 11.0 Å². The van der Waals surface area contributed by atoms with Gasteiger partial charge in [0.2, 0.25) is 5.91 Å². The zero-order valence-electron chi connectivity index (χ0n) is 22.2. The maximum Gasteiger partial charge on any atom is 0.341 e. The third kappa shape index (κ3) is 6.86. The number of nitro benzene ring substituents is 1. The quantitative estimate of drug-likeness (QED) is 0.128. The smallest absolute Gasteiger partial charge is 0.341 e. The fourth-order valence-electron chi connectivity index (χ4n) is 4.30. The number of aryl methyl sites for hydroxylation is 1. The molecular formula is C26H30N6O6S2. The van der Waals surface area contributed by atoms with Gasteiger partial charge in [-0.15, -0.1) is 21.5 Å². The van der Waals surface area contributed by atoms with Crippen LogP contribution in [0, 0.1) is 10.1 Å². The number of benzene rings is 1. The fraction of sp³-hybridized carbons (Fsp3) is 0.423. The highest BCUT2D eigenvalue weighted by Crippen LogP contribution is 2.39. The monoisotopic (exact) mass is 586 g/mol. The van der Waals surface area contributed by atoms with Gasteiger partial charge in [-0.1, -0.05) is 25.1 Å². The molecule has 12 nitrogen and oxygen atoms in total. The molecule has 0 radical (unpaired) electrons. The van der Waals surface area contributed by atoms with E-state index in [-0.39, 0.29) is 30.5 Å². The molecule has 4 rings (SSSR count). The van der Waals surface area contributed by atoms with E-state index in [2.05, 4.69) is 27.8 Å². The molecule has 2 aromatic heterocycles. The minimum atomic E-state index is -0.525. The highest BCUT2D eigenvalue weighted by atomic mass is 32.2. The Hall–Kier alpha value is -3.78. The number of fused-ring (bicyclic) bond motifs is 1. The first-order valence-electron chi connectivity index (χ1n) is 13.0. The number of thiophene rings is 1. The lowest BCUT2D eigenvalue weighted by Gasteiger charge is -2.11. The molecule has 2 N–H and O–H groups in total. The van der Waals surface area contributed by atoms with Crippen LogP contribution >= 0.6 is 23.1 Å². The van der Waals surface area contributed by atoms with E-state index in [9.17, 15) is 24.5 Å². The number of thioether (sulfide) groups is 1. The summed E-state index contributed by atoms with van der Waals surface area (Å²) in [5.74, 6) is -0.484. The molecule has 1 aliphatic rings. The number of aromatic nitrogens is 3. The minimum absolute atomic E-state index is 0.0598. The van der Waals surface area contributed by atoms with Crippen molar-refractivity contribution in [2.45, 2.75) is 64.2 Å². The number of hydrogen-bond donors (Lipinski definition) is 2. The molecule has 0 fully saturated rings. The third-order valence-corrected chi connectivity index (χ3v) is 8.44. The molecule has 0 bridgehead atoms. The van der Waals surface area contributed by atoms with Crippen molar-refractivity contribution in [3.63, 3.8) is 0 Å². The molecule has 0 aliphatic heterocycles. The standard InChI is InChI=1S/C26H30N6O6S2/c1-3-5-13-31-20(14-27-23(34)16-9-11-17(12-10-16)32(36)37)29-30-26(31)39-15-21(33)28-24-22(25(35)38-4-2)18-7-6-8-19(18)40-24/h9-12H,3-8,13-15H2,1-2H3,(H,27,34)(H,28,33). The number of anilines is 1. The number of amides is 2. The highest BCUT2D eigenvalue weighted by Gasteiger charge is 2.28. The first-order chi connectivity index (χ1) is 19.3. The lowest BCUT2D eigenvalue weighted by molar-refractivity contribution is -0.384. The van der Waals surface area contributed by atoms with Gasteiger partial charge in [-0.2, -0.15) is 0 Å². The molecule has 0 spiro atoms. The summed E-state index contributed by atoms with van der Waals surface area (Å²) in [6, 6.07) is 5.34. The molecule has 40 heavy (non-hydrogen) atoms. The van der Waals surface area contributed by atoms with Gasteiger partial charge in [0, 0.05) is 29.1 Å². The highest BCUT2D eigenvalue weighted by molar-refractivity contribution is 7.99. The van der Waals surface area contributed by atoms with Gasteiger partial charge in [0.1, 0.15) is 5.00 Å². The zero-order valence-corrected chi connectivity index (χ0v) is 23.9. The predicted octanol–water partition coefficient (Wildman–Crippen LogP) is 4.37. The Morgan fingerprint density at radius 3 is 2.65 bits per heavy atom. The van der Waals surface area contributed by atoms with Crippen molar-refractivity contribution in [2.24, 2.45) is 0 Å². The van der Waals surface area contributed by atoms with Crippen LogP contribution in [0.2, 0.25) is 0 Å². The van der Waals surface area contributed by atoms with Gasteiger partial charge >= 0.3 is 5.97 Å². The summed E-state index contributed by atoms with van der Waals surface area (Å²) < 4.78 is 7.11. The molecule has 1 aliphatic carbocycles. The number of carbonyl (C=O) groups excluding carboxylic acids is 3. The summed E-state index contributed by atoms with van der Waals surface area (Å²) in [6.07, 6.45) is 4.46. The van der Waals surface area contributed by atoms with Crippen LogP contribution in [0.25, 0.3) is 0 Å². The number of ether oxygens (including phenoxy) is 1. The van der Waals surface area contributed by atoms with Gasteiger partial charge in [0.25, 0.3) is 11.6 Å². The Morgan fingerprint density at radius 1 is 1.18 bits per heavy atom. The first-order valence-corrected chi connectivity index (χ1v) is 14.8. The van der Waals surface area contributed by atoms with Gasteiger partial charge in [-0.25, -0.2) is 4.79 Å². The topological polar surface area (TPSA) is 158 Å². The van der Waals surface area contributed by atoms with Crippen LogP contribution in [-0.2, 0) is 35.5 Å². The second-order valence-electron chi connectivity index (χ2n) is 9.01. The van der Waals surface area contributed by atoms with Crippen LogP contribution < -0.4 is 10.6 Å². The van der Waals surface area contributed by atoms with Gasteiger partial charge in [-0.3, -0.25) is 19.7 Å². The summed E-state index contributed by atoms with van der Waals surface area (Å²) in [5, 5.41) is 26.0. The van der Waals surface area contributed by atoms with Crippen LogP contribution in [0.4, 0.5) is 10.7 Å². The van der Waals surface area contributed by atoms with Gasteiger partial charge < -0.3 is 19.9 Å². The second kappa shape index (κ2) is 13.5. The van der Waals surface area contributed by atoms with E-state index >= 15 is 0 Å². The van der Waals surface area contributed by atoms with Crippen LogP contribution in [-0.4, -0.2) is 49.8 Å². The number of nitrogens with one attached hydrogen (secondary N) is 2. The SMILES string of the molecule is CCCCn1c(CNC(=O)c2ccc([N+](=O)[O-])cc2)nnc1SCC(=O)Nc1sc2c(c1C(=O)OCC)CCC2. The van der Waals surface area contributed by atoms with E-state index in [1.165, 1.54) is 47.4 Å². The van der Waals surface area contributed by atoms with Crippen molar-refractivity contribution in [2.75, 3.05) is 17.7 Å². The third-order valence-electron chi connectivity index (χ3n) is 6.26. The number of rotatable bonds is 13. The average molecular weight is 587 g/mol. The Morgan fingerprint density at radius 2 is 1.95 bits per heavy atom. The van der Waals surface area contributed by atoms with Crippen molar-refractivity contribution >= 4 is 51.6 Å². The molecule has 0 atom stereocenters. The normalized spacial score (nSPS) is 12.2. The van der Waals surface area contributed by atoms with Gasteiger partial charge in [-0.05, 0) is 50.3 Å². The number of carbonyl (C=O) groups is 3. The summed E-state index contributed by atoms with van der Waals surface area (Å²) in [7, 11) is 0. The lowest BCUT2D eigenvalue weighted by Crippen LogP contribution is -2.25. The molecule has 2 heterocycles. The van der Waals surface area contributed by atoms with Crippen molar-refractivity contribution in [3.05, 3.63) is 61.8 Å². The van der Waals surface area contributed by atoms with E-state index < -0.39 is 16.8 Å². The first kappa shape index (κ1) is 29.2. The van der Waals surface area contributed by atoms with E-state index in [1.54, 1.807) is 6.92 Å². The van der Waals surface area contributed by atoms with Crippen LogP contribution in [0.1, 0.15) is 70.1 Å². The molecule has 2 amide bonds. The maximum absolute atomic E-state index is 12.9. The molecular weight excluding hydrogens is 556 g/mol. The summed E-state index contributed by atoms with van der Waals surface area (Å²) >= 11 is 2.66. The number of non-ortho nitro benzene ring substituents is 1. The largest absolute Gasteiger partial charge is 0.462 e. The molecule has 0 saturated heterocycles. The lowest BCUT2D eigenvalue weighted by atomic mass is 10.1. The summed E-state index contributed by atoms with van der Waals surface area (Å²) in [5.41, 5.74) is 1.64. The maximum atomic E-state index is 12.9. The molecule has 14 heteroatoms. The number of esters is 1. The van der Waals surface area contributed by atoms with E-state index in [4.69, 9.17) is 4.74 Å². The Labute approximate surface area is 239 Å². The fourth-order valence-corrected chi connectivity index (χ4v) is 6.37. The summed E-state index contributed by atoms with van der Waals surface area (Å²) in [6.45, 7) is 4.78. The van der Waals surface area contributed by atoms with Crippen molar-refractivity contribution in [3.8, 4) is 0 Å². The van der Waals surface area contributed by atoms with Gasteiger partial charge in [0.05, 0.1) is 29.4 Å². The number of nitrogens with zero attached hydrogens (tertiary/aromatic N) is 4. The Kier molecular flexibility index (Phi) is 9.88. The Balaban J connectivity index is 1.40. The van der Waals surface area contributed by atoms with Crippen LogP contribution in [0.3, 0.4) is 0 Å². The van der Waals surface area contributed by atoms with E-state index in [0.717, 1.165) is 42.5 Å². The second-order valence-corrected chi connectivity index (χ2v) is 11.1. The van der Waals surface area contributed by atoms with Crippen molar-refractivity contribution < 1.29 is 24.0 Å². The van der Waals surface area contributed by atoms with Crippen LogP contribution in [0.5, 0.6) is 0 Å². The zero-order chi connectivity index (χ0) is 28.6. The number of nitro groups is 1. The predicted molar refractivity (Wildman–Crippen MR) is 151 cm³/mol. The molecule has 0 saturated carbocycles. The molecule has 0 unspecified atom stereocenters. The molecule has 212 valence electrons. The number of unbranched alkanes of at least 4 members (excludes halogenated alkanes) is 1. The number of hydrogen-bond acceptors (Lipinski definition) is 10. The summed E-state index contributed by atoms with van der Waals surface area (Å²) in [4.78, 5) is 49.5.